The minimum Gasteiger partial charge on any atom is -0.497 e. The van der Waals surface area contributed by atoms with Gasteiger partial charge in [0.1, 0.15) is 5.75 Å². The van der Waals surface area contributed by atoms with Crippen LogP contribution in [0.1, 0.15) is 11.9 Å². The number of non-ortho nitro benzene ring substituents is 1. The maximum absolute atomic E-state index is 11.0. The van der Waals surface area contributed by atoms with Crippen molar-refractivity contribution in [1.29, 1.82) is 0 Å². The van der Waals surface area contributed by atoms with Gasteiger partial charge >= 0.3 is 11.4 Å². The van der Waals surface area contributed by atoms with E-state index in [9.17, 15) is 35.1 Å². The molecule has 0 saturated carbocycles. The highest BCUT2D eigenvalue weighted by Crippen LogP contribution is 2.39. The van der Waals surface area contributed by atoms with Gasteiger partial charge in [0.25, 0.3) is 11.4 Å². The van der Waals surface area contributed by atoms with Crippen molar-refractivity contribution in [2.75, 3.05) is 12.4 Å². The van der Waals surface area contributed by atoms with Crippen LogP contribution in [-0.2, 0) is 4.79 Å². The summed E-state index contributed by atoms with van der Waals surface area (Å²) in [4.78, 5) is 43.2. The van der Waals surface area contributed by atoms with Crippen molar-refractivity contribution in [3.05, 3.63) is 59.6 Å². The van der Waals surface area contributed by atoms with Crippen molar-refractivity contribution in [3.63, 3.8) is 0 Å². The van der Waals surface area contributed by atoms with Crippen LogP contribution < -0.4 is 10.1 Å². The number of nitro groups is 3. The van der Waals surface area contributed by atoms with Gasteiger partial charge in [-0.05, 0) is 13.0 Å². The summed E-state index contributed by atoms with van der Waals surface area (Å²) in [5, 5.41) is 44.0. The molecule has 0 atom stereocenters. The van der Waals surface area contributed by atoms with E-state index in [1.165, 1.54) is 6.92 Å². The number of nitro benzene ring substituents is 3. The lowest BCUT2D eigenvalue weighted by Crippen LogP contribution is -2.06. The number of carbonyl (C=O) groups excluding carboxylic acids is 1. The number of nitrogens with one attached hydrogen (secondary N) is 1. The molecular weight excluding hydrogens is 450 g/mol. The Bertz CT molecular complexity index is 1210. The SMILES string of the molecule is COc1cc2nc(C)sc2cc1NC(C)=O.O=[N+]([O-])c1cc([N+](=O)[O-])c(O)c([N+](=O)[O-])c1. The number of aryl methyl sites for hydroxylation is 1. The first-order valence-electron chi connectivity index (χ1n) is 8.47. The van der Waals surface area contributed by atoms with Crippen molar-refractivity contribution in [3.8, 4) is 11.5 Å². The van der Waals surface area contributed by atoms with E-state index in [4.69, 9.17) is 9.84 Å². The molecule has 0 radical (unpaired) electrons. The van der Waals surface area contributed by atoms with Gasteiger partial charge in [0.05, 0.1) is 54.9 Å². The van der Waals surface area contributed by atoms with E-state index in [0.29, 0.717) is 23.6 Å². The summed E-state index contributed by atoms with van der Waals surface area (Å²) in [7, 11) is 1.58. The Hall–Kier alpha value is -4.40. The Kier molecular flexibility index (Phi) is 7.17. The zero-order chi connectivity index (χ0) is 24.2. The molecule has 0 aliphatic rings. The van der Waals surface area contributed by atoms with Crippen LogP contribution >= 0.6 is 11.3 Å². The van der Waals surface area contributed by atoms with Gasteiger partial charge in [0.2, 0.25) is 5.91 Å². The number of rotatable bonds is 5. The first-order chi connectivity index (χ1) is 14.9. The van der Waals surface area contributed by atoms with Gasteiger partial charge in [-0.25, -0.2) is 4.98 Å². The summed E-state index contributed by atoms with van der Waals surface area (Å²) in [6, 6.07) is 4.62. The quantitative estimate of drug-likeness (QED) is 0.413. The number of aromatic nitrogens is 1. The van der Waals surface area contributed by atoms with Gasteiger partial charge in [-0.2, -0.15) is 0 Å². The summed E-state index contributed by atoms with van der Waals surface area (Å²) >= 11 is 1.59. The van der Waals surface area contributed by atoms with Gasteiger partial charge < -0.3 is 15.2 Å². The predicted octanol–water partition coefficient (Wildman–Crippen LogP) is 3.69. The van der Waals surface area contributed by atoms with Crippen LogP contribution in [0.25, 0.3) is 10.2 Å². The fraction of sp³-hybridized carbons (Fsp3) is 0.176. The van der Waals surface area contributed by atoms with Crippen molar-refractivity contribution in [2.24, 2.45) is 0 Å². The molecule has 2 N–H and O–H groups in total. The Labute approximate surface area is 182 Å². The molecule has 0 saturated heterocycles. The first kappa shape index (κ1) is 23.9. The summed E-state index contributed by atoms with van der Waals surface area (Å²) in [5.74, 6) is -0.688. The van der Waals surface area contributed by atoms with Gasteiger partial charge in [0, 0.05) is 13.0 Å². The number of aromatic hydroxyl groups is 1. The number of ether oxygens (including phenoxy) is 1. The summed E-state index contributed by atoms with van der Waals surface area (Å²) in [5.41, 5.74) is -1.42. The first-order valence-corrected chi connectivity index (χ1v) is 9.29. The Balaban J connectivity index is 0.000000227. The molecule has 2 aromatic carbocycles. The highest BCUT2D eigenvalue weighted by Gasteiger charge is 2.30. The minimum atomic E-state index is -1.21. The van der Waals surface area contributed by atoms with Gasteiger partial charge in [-0.1, -0.05) is 0 Å². The molecule has 0 unspecified atom stereocenters. The summed E-state index contributed by atoms with van der Waals surface area (Å²) < 4.78 is 6.26. The molecule has 0 fully saturated rings. The molecule has 168 valence electrons. The third-order valence-corrected chi connectivity index (χ3v) is 4.72. The topological polar surface area (TPSA) is 201 Å². The lowest BCUT2D eigenvalue weighted by molar-refractivity contribution is -0.404. The highest BCUT2D eigenvalue weighted by atomic mass is 32.1. The lowest BCUT2D eigenvalue weighted by atomic mass is 10.2. The maximum atomic E-state index is 11.0. The predicted molar refractivity (Wildman–Crippen MR) is 113 cm³/mol. The van der Waals surface area contributed by atoms with Crippen LogP contribution in [0.3, 0.4) is 0 Å². The van der Waals surface area contributed by atoms with Crippen LogP contribution in [0.4, 0.5) is 22.7 Å². The van der Waals surface area contributed by atoms with Crippen molar-refractivity contribution in [1.82, 2.24) is 4.98 Å². The normalized spacial score (nSPS) is 10.1. The van der Waals surface area contributed by atoms with E-state index in [2.05, 4.69) is 10.3 Å². The van der Waals surface area contributed by atoms with Crippen molar-refractivity contribution >= 4 is 50.2 Å². The summed E-state index contributed by atoms with van der Waals surface area (Å²) in [6.45, 7) is 3.43. The number of methoxy groups -OCH3 is 1. The molecule has 3 rings (SSSR count). The van der Waals surface area contributed by atoms with E-state index < -0.39 is 37.6 Å². The lowest BCUT2D eigenvalue weighted by Gasteiger charge is -2.08. The zero-order valence-corrected chi connectivity index (χ0v) is 17.5. The second-order valence-corrected chi connectivity index (χ2v) is 7.27. The zero-order valence-electron chi connectivity index (χ0n) is 16.7. The molecule has 0 bridgehead atoms. The average molecular weight is 465 g/mol. The molecule has 0 spiro atoms. The molecule has 1 heterocycles. The minimum absolute atomic E-state index is 0.112. The molecule has 3 aromatic rings. The molecular formula is C17H15N5O9S. The third-order valence-electron chi connectivity index (χ3n) is 3.79. The number of hydrogen-bond donors (Lipinski definition) is 2. The number of amides is 1. The average Bonchev–Trinajstić information content (AvgIpc) is 3.05. The third kappa shape index (κ3) is 5.39. The smallest absolute Gasteiger partial charge is 0.324 e. The Morgan fingerprint density at radius 1 is 1.06 bits per heavy atom. The molecule has 15 heteroatoms. The second-order valence-electron chi connectivity index (χ2n) is 6.04. The van der Waals surface area contributed by atoms with E-state index in [-0.39, 0.29) is 5.91 Å². The van der Waals surface area contributed by atoms with Crippen LogP contribution in [0.2, 0.25) is 0 Å². The number of hydrogen-bond acceptors (Lipinski definition) is 11. The van der Waals surface area contributed by atoms with E-state index in [1.807, 2.05) is 19.1 Å². The number of thiazole rings is 1. The van der Waals surface area contributed by atoms with E-state index in [0.717, 1.165) is 15.2 Å². The van der Waals surface area contributed by atoms with Crippen LogP contribution in [0, 0.1) is 37.3 Å². The molecule has 0 aliphatic heterocycles. The van der Waals surface area contributed by atoms with Gasteiger partial charge in [-0.3, -0.25) is 35.1 Å². The van der Waals surface area contributed by atoms with Crippen molar-refractivity contribution in [2.45, 2.75) is 13.8 Å². The number of nitrogens with zero attached hydrogens (tertiary/aromatic N) is 4. The fourth-order valence-corrected chi connectivity index (χ4v) is 3.35. The van der Waals surface area contributed by atoms with Crippen LogP contribution in [0.15, 0.2) is 24.3 Å². The molecule has 14 nitrogen and oxygen atoms in total. The van der Waals surface area contributed by atoms with Gasteiger partial charge in [0.15, 0.2) is 0 Å². The fourth-order valence-electron chi connectivity index (χ4n) is 2.50. The van der Waals surface area contributed by atoms with Crippen LogP contribution in [0.5, 0.6) is 11.5 Å². The standard InChI is InChI=1S/C11H12N2O2S.C6H3N3O7/c1-6(14)12-8-5-11-9(4-10(8)15-3)13-7(2)16-11;10-6-4(8(13)14)1-3(7(11)12)2-5(6)9(15)16/h4-5H,1-3H3,(H,12,14);1-2,10H. The molecule has 0 aliphatic carbocycles. The number of phenolic OH excluding ortho intramolecular Hbond substituents is 1. The van der Waals surface area contributed by atoms with Gasteiger partial charge in [-0.15, -0.1) is 11.3 Å². The molecule has 1 amide bonds. The largest absolute Gasteiger partial charge is 0.497 e. The number of carbonyl (C=O) groups is 1. The second kappa shape index (κ2) is 9.61. The van der Waals surface area contributed by atoms with Crippen LogP contribution in [-0.4, -0.2) is 37.9 Å². The molecule has 1 aromatic heterocycles. The highest BCUT2D eigenvalue weighted by molar-refractivity contribution is 7.18. The van der Waals surface area contributed by atoms with Crippen molar-refractivity contribution < 1.29 is 29.4 Å². The maximum Gasteiger partial charge on any atom is 0.324 e. The van der Waals surface area contributed by atoms with E-state index >= 15 is 0 Å². The summed E-state index contributed by atoms with van der Waals surface area (Å²) in [6.07, 6.45) is 0. The Morgan fingerprint density at radius 2 is 1.62 bits per heavy atom. The number of phenols is 1. The monoisotopic (exact) mass is 465 g/mol. The Morgan fingerprint density at radius 3 is 2.06 bits per heavy atom. The number of anilines is 1. The molecule has 32 heavy (non-hydrogen) atoms. The number of benzene rings is 2. The number of fused-ring (bicyclic) bond motifs is 1. The van der Waals surface area contributed by atoms with E-state index in [1.54, 1.807) is 18.4 Å².